The van der Waals surface area contributed by atoms with Crippen LogP contribution in [0, 0.1) is 0 Å². The van der Waals surface area contributed by atoms with E-state index in [0.29, 0.717) is 0 Å². The molecule has 0 aliphatic heterocycles. The van der Waals surface area contributed by atoms with E-state index >= 15 is 0 Å². The van der Waals surface area contributed by atoms with Crippen LogP contribution in [0.5, 0.6) is 0 Å². The van der Waals surface area contributed by atoms with Crippen LogP contribution in [0.1, 0.15) is 0 Å². The van der Waals surface area contributed by atoms with E-state index in [1.54, 1.807) is 0 Å². The van der Waals surface area contributed by atoms with Crippen molar-refractivity contribution in [3.8, 4) is 0 Å². The highest BCUT2D eigenvalue weighted by Gasteiger charge is 2.03. The van der Waals surface area contributed by atoms with Gasteiger partial charge < -0.3 is 5.32 Å². The molecule has 2 aromatic carbocycles. The van der Waals surface area contributed by atoms with E-state index in [1.165, 1.54) is 0 Å². The first kappa shape index (κ1) is 13.6. The van der Waals surface area contributed by atoms with Crippen LogP contribution in [0.25, 0.3) is 0 Å². The van der Waals surface area contributed by atoms with Crippen LogP contribution in [0.4, 0.5) is 11.4 Å². The molecule has 88 valence electrons. The van der Waals surface area contributed by atoms with Crippen molar-refractivity contribution in [2.75, 3.05) is 5.32 Å². The fourth-order valence-corrected chi connectivity index (χ4v) is 3.09. The molecule has 1 nitrogen and oxygen atoms in total. The normalized spacial score (nSPS) is 10.4. The van der Waals surface area contributed by atoms with Crippen molar-refractivity contribution in [1.29, 1.82) is 0 Å². The van der Waals surface area contributed by atoms with E-state index < -0.39 is 0 Å². The van der Waals surface area contributed by atoms with Crippen molar-refractivity contribution in [2.24, 2.45) is 0 Å². The molecule has 0 fully saturated rings. The second-order valence-corrected chi connectivity index (χ2v) is 6.86. The van der Waals surface area contributed by atoms with Gasteiger partial charge in [0.2, 0.25) is 0 Å². The van der Waals surface area contributed by atoms with E-state index in [-0.39, 0.29) is 0 Å². The minimum absolute atomic E-state index is 1.02. The van der Waals surface area contributed by atoms with Gasteiger partial charge in [-0.2, -0.15) is 0 Å². The van der Waals surface area contributed by atoms with E-state index in [4.69, 9.17) is 0 Å². The molecular formula is C12H7Br4N. The Balaban J connectivity index is 2.28. The van der Waals surface area contributed by atoms with Crippen LogP contribution in [0.2, 0.25) is 0 Å². The average Bonchev–Trinajstić information content (AvgIpc) is 2.27. The number of halogens is 4. The monoisotopic (exact) mass is 481 g/mol. The molecule has 0 aliphatic carbocycles. The van der Waals surface area contributed by atoms with Gasteiger partial charge in [-0.05, 0) is 84.2 Å². The Labute approximate surface area is 134 Å². The molecule has 0 unspecified atom stereocenters. The molecule has 17 heavy (non-hydrogen) atoms. The van der Waals surface area contributed by atoms with Crippen molar-refractivity contribution in [2.45, 2.75) is 0 Å². The highest BCUT2D eigenvalue weighted by atomic mass is 79.9. The molecule has 2 rings (SSSR count). The van der Waals surface area contributed by atoms with E-state index in [9.17, 15) is 0 Å². The number of anilines is 2. The molecule has 0 spiro atoms. The van der Waals surface area contributed by atoms with Gasteiger partial charge in [-0.15, -0.1) is 0 Å². The molecule has 0 amide bonds. The number of hydrogen-bond donors (Lipinski definition) is 1. The summed E-state index contributed by atoms with van der Waals surface area (Å²) in [4.78, 5) is 0. The first-order valence-corrected chi connectivity index (χ1v) is 7.90. The molecule has 0 aromatic heterocycles. The van der Waals surface area contributed by atoms with Gasteiger partial charge in [-0.25, -0.2) is 0 Å². The summed E-state index contributed by atoms with van der Waals surface area (Å²) in [5, 5.41) is 3.35. The number of benzene rings is 2. The minimum atomic E-state index is 1.02. The largest absolute Gasteiger partial charge is 0.355 e. The maximum absolute atomic E-state index is 3.52. The first-order valence-electron chi connectivity index (χ1n) is 4.73. The molecule has 2 aromatic rings. The third-order valence-electron chi connectivity index (χ3n) is 2.13. The molecular weight excluding hydrogens is 478 g/mol. The van der Waals surface area contributed by atoms with Crippen LogP contribution in [0.15, 0.2) is 54.3 Å². The Kier molecular flexibility index (Phi) is 4.69. The van der Waals surface area contributed by atoms with E-state index in [1.807, 2.05) is 36.4 Å². The zero-order valence-electron chi connectivity index (χ0n) is 8.48. The van der Waals surface area contributed by atoms with Crippen molar-refractivity contribution in [3.63, 3.8) is 0 Å². The second kappa shape index (κ2) is 5.87. The predicted octanol–water partition coefficient (Wildman–Crippen LogP) is 6.48. The molecule has 5 heteroatoms. The zero-order chi connectivity index (χ0) is 12.4. The van der Waals surface area contributed by atoms with Gasteiger partial charge in [0.25, 0.3) is 0 Å². The lowest BCUT2D eigenvalue weighted by Gasteiger charge is -2.09. The molecule has 0 atom stereocenters. The minimum Gasteiger partial charge on any atom is -0.355 e. The highest BCUT2D eigenvalue weighted by molar-refractivity contribution is 9.13. The smallest absolute Gasteiger partial charge is 0.0529 e. The van der Waals surface area contributed by atoms with Crippen LogP contribution in [-0.4, -0.2) is 0 Å². The zero-order valence-corrected chi connectivity index (χ0v) is 14.8. The van der Waals surface area contributed by atoms with Crippen molar-refractivity contribution in [1.82, 2.24) is 0 Å². The molecule has 1 N–H and O–H groups in total. The summed E-state index contributed by atoms with van der Waals surface area (Å²) < 4.78 is 4.13. The van der Waals surface area contributed by atoms with Gasteiger partial charge in [-0.3, -0.25) is 0 Å². The fraction of sp³-hybridized carbons (Fsp3) is 0. The number of rotatable bonds is 2. The number of nitrogens with one attached hydrogen (secondary N) is 1. The fourth-order valence-electron chi connectivity index (χ4n) is 1.32. The second-order valence-electron chi connectivity index (χ2n) is 3.38. The van der Waals surface area contributed by atoms with Gasteiger partial charge >= 0.3 is 0 Å². The lowest BCUT2D eigenvalue weighted by molar-refractivity contribution is 1.49. The summed E-state index contributed by atoms with van der Waals surface area (Å²) in [7, 11) is 0. The van der Waals surface area contributed by atoms with Crippen LogP contribution in [0.3, 0.4) is 0 Å². The van der Waals surface area contributed by atoms with Crippen LogP contribution >= 0.6 is 63.7 Å². The van der Waals surface area contributed by atoms with Gasteiger partial charge in [0.15, 0.2) is 0 Å². The average molecular weight is 485 g/mol. The molecule has 0 saturated heterocycles. The number of hydrogen-bond acceptors (Lipinski definition) is 1. The van der Waals surface area contributed by atoms with Gasteiger partial charge in [0.05, 0.1) is 5.69 Å². The third-order valence-corrected chi connectivity index (χ3v) is 5.16. The molecule has 0 radical (unpaired) electrons. The van der Waals surface area contributed by atoms with Crippen LogP contribution < -0.4 is 5.32 Å². The molecule has 0 aliphatic rings. The maximum atomic E-state index is 3.52. The summed E-state index contributed by atoms with van der Waals surface area (Å²) in [6.07, 6.45) is 0. The van der Waals surface area contributed by atoms with Crippen LogP contribution in [-0.2, 0) is 0 Å². The van der Waals surface area contributed by atoms with Gasteiger partial charge in [-0.1, -0.05) is 15.9 Å². The Morgan fingerprint density at radius 1 is 0.706 bits per heavy atom. The van der Waals surface area contributed by atoms with E-state index in [0.717, 1.165) is 29.3 Å². The Hall–Kier alpha value is 0.160. The Bertz CT molecular complexity index is 554. The standard InChI is InChI=1S/C12H7Br4N/c13-7-1-4-12(11(16)5-7)17-8-2-3-9(14)10(15)6-8/h1-6,17H. The lowest BCUT2D eigenvalue weighted by Crippen LogP contribution is -1.91. The topological polar surface area (TPSA) is 12.0 Å². The summed E-state index contributed by atoms with van der Waals surface area (Å²) in [5.41, 5.74) is 2.06. The first-order chi connectivity index (χ1) is 8.06. The Morgan fingerprint density at radius 2 is 1.47 bits per heavy atom. The summed E-state index contributed by atoms with van der Waals surface area (Å²) in [6, 6.07) is 12.1. The van der Waals surface area contributed by atoms with Gasteiger partial charge in [0.1, 0.15) is 0 Å². The molecule has 0 bridgehead atoms. The predicted molar refractivity (Wildman–Crippen MR) is 87.0 cm³/mol. The van der Waals surface area contributed by atoms with E-state index in [2.05, 4.69) is 69.0 Å². The summed E-state index contributed by atoms with van der Waals surface area (Å²) in [5.74, 6) is 0. The SMILES string of the molecule is Brc1ccc(Nc2ccc(Br)c(Br)c2)c(Br)c1. The third kappa shape index (κ3) is 3.56. The van der Waals surface area contributed by atoms with Gasteiger partial charge in [0, 0.05) is 23.6 Å². The van der Waals surface area contributed by atoms with Crippen molar-refractivity contribution < 1.29 is 0 Å². The Morgan fingerprint density at radius 3 is 2.12 bits per heavy atom. The summed E-state index contributed by atoms with van der Waals surface area (Å²) in [6.45, 7) is 0. The highest BCUT2D eigenvalue weighted by Crippen LogP contribution is 2.31. The van der Waals surface area contributed by atoms with Crippen molar-refractivity contribution >= 4 is 75.1 Å². The molecule has 0 saturated carbocycles. The maximum Gasteiger partial charge on any atom is 0.0529 e. The quantitative estimate of drug-likeness (QED) is 0.514. The summed E-state index contributed by atoms with van der Waals surface area (Å²) >= 11 is 13.9. The molecule has 0 heterocycles. The lowest BCUT2D eigenvalue weighted by atomic mass is 10.3. The van der Waals surface area contributed by atoms with Crippen molar-refractivity contribution in [3.05, 3.63) is 54.3 Å².